The molecule has 0 fully saturated rings. The second-order valence-electron chi connectivity index (χ2n) is 1.84. The maximum Gasteiger partial charge on any atom is 0.388 e. The Hall–Kier alpha value is -1.76. The largest absolute Gasteiger partial charge is 0.466 e. The van der Waals surface area contributed by atoms with Crippen molar-refractivity contribution in [3.63, 3.8) is 0 Å². The van der Waals surface area contributed by atoms with Gasteiger partial charge in [-0.15, -0.1) is 6.42 Å². The number of rotatable bonds is 2. The second-order valence-corrected chi connectivity index (χ2v) is 1.84. The summed E-state index contributed by atoms with van der Waals surface area (Å²) < 4.78 is 8.67. The minimum absolute atomic E-state index is 0.168. The van der Waals surface area contributed by atoms with E-state index in [-0.39, 0.29) is 5.57 Å². The van der Waals surface area contributed by atoms with Crippen LogP contribution >= 0.6 is 0 Å². The number of carbonyl (C=O) groups is 2. The van der Waals surface area contributed by atoms with E-state index < -0.39 is 11.9 Å². The molecule has 0 spiro atoms. The number of carbonyl (C=O) groups excluding carboxylic acids is 2. The molecule has 0 rings (SSSR count). The van der Waals surface area contributed by atoms with Gasteiger partial charge in [0.05, 0.1) is 12.7 Å². The Morgan fingerprint density at radius 2 is 2.08 bits per heavy atom. The van der Waals surface area contributed by atoms with Gasteiger partial charge >= 0.3 is 11.9 Å². The third-order valence-electron chi connectivity index (χ3n) is 0.968. The highest BCUT2D eigenvalue weighted by Gasteiger charge is 2.03. The summed E-state index contributed by atoms with van der Waals surface area (Å²) in [6.07, 6.45) is 5.65. The predicted molar refractivity (Wildman–Crippen MR) is 40.7 cm³/mol. The molecule has 0 saturated heterocycles. The topological polar surface area (TPSA) is 52.6 Å². The zero-order chi connectivity index (χ0) is 9.56. The number of esters is 2. The van der Waals surface area contributed by atoms with Crippen molar-refractivity contribution in [3.8, 4) is 12.3 Å². The van der Waals surface area contributed by atoms with E-state index in [4.69, 9.17) is 6.42 Å². The van der Waals surface area contributed by atoms with Gasteiger partial charge in [0.2, 0.25) is 0 Å². The van der Waals surface area contributed by atoms with Crippen molar-refractivity contribution in [2.45, 2.75) is 6.92 Å². The van der Waals surface area contributed by atoms with Crippen LogP contribution in [0.5, 0.6) is 0 Å². The van der Waals surface area contributed by atoms with E-state index in [2.05, 4.69) is 9.47 Å². The van der Waals surface area contributed by atoms with Crippen molar-refractivity contribution < 1.29 is 19.1 Å². The van der Waals surface area contributed by atoms with Gasteiger partial charge in [-0.1, -0.05) is 0 Å². The predicted octanol–water partition coefficient (Wildman–Crippen LogP) is 0.240. The normalized spacial score (nSPS) is 9.92. The van der Waals surface area contributed by atoms with Crippen molar-refractivity contribution in [2.24, 2.45) is 0 Å². The molecule has 0 unspecified atom stereocenters. The van der Waals surface area contributed by atoms with E-state index in [0.717, 1.165) is 6.26 Å². The zero-order valence-corrected chi connectivity index (χ0v) is 6.79. The van der Waals surface area contributed by atoms with Crippen LogP contribution in [0.25, 0.3) is 0 Å². The zero-order valence-electron chi connectivity index (χ0n) is 6.79. The van der Waals surface area contributed by atoms with E-state index in [9.17, 15) is 9.59 Å². The molecular formula is C8H8O4. The van der Waals surface area contributed by atoms with E-state index >= 15 is 0 Å². The van der Waals surface area contributed by atoms with Crippen LogP contribution in [0, 0.1) is 12.3 Å². The summed E-state index contributed by atoms with van der Waals surface area (Å²) in [5.74, 6) is 0.301. The molecule has 0 aliphatic heterocycles. The number of methoxy groups -OCH3 is 1. The maximum absolute atomic E-state index is 10.7. The first-order valence-corrected chi connectivity index (χ1v) is 3.04. The number of terminal acetylenes is 1. The smallest absolute Gasteiger partial charge is 0.388 e. The van der Waals surface area contributed by atoms with E-state index in [1.807, 2.05) is 0 Å². The van der Waals surface area contributed by atoms with Crippen LogP contribution in [0.2, 0.25) is 0 Å². The highest BCUT2D eigenvalue weighted by atomic mass is 16.5. The minimum atomic E-state index is -0.849. The molecular weight excluding hydrogens is 160 g/mol. The summed E-state index contributed by atoms with van der Waals surface area (Å²) in [6.45, 7) is 1.44. The van der Waals surface area contributed by atoms with Crippen LogP contribution in [0.1, 0.15) is 6.92 Å². The van der Waals surface area contributed by atoms with Crippen molar-refractivity contribution in [3.05, 3.63) is 11.8 Å². The Labute approximate surface area is 70.2 Å². The fourth-order valence-corrected chi connectivity index (χ4v) is 0.385. The van der Waals surface area contributed by atoms with Gasteiger partial charge in [-0.3, -0.25) is 0 Å². The van der Waals surface area contributed by atoms with Gasteiger partial charge in [-0.05, 0) is 6.92 Å². The average Bonchev–Trinajstić information content (AvgIpc) is 2.11. The molecule has 0 radical (unpaired) electrons. The van der Waals surface area contributed by atoms with Gasteiger partial charge in [0.1, 0.15) is 6.26 Å². The van der Waals surface area contributed by atoms with Crippen LogP contribution in [0.4, 0.5) is 0 Å². The van der Waals surface area contributed by atoms with E-state index in [0.29, 0.717) is 0 Å². The van der Waals surface area contributed by atoms with Crippen LogP contribution in [-0.2, 0) is 19.1 Å². The van der Waals surface area contributed by atoms with Crippen LogP contribution < -0.4 is 0 Å². The number of hydrogen-bond acceptors (Lipinski definition) is 4. The molecule has 0 atom stereocenters. The average molecular weight is 168 g/mol. The molecule has 0 N–H and O–H groups in total. The van der Waals surface area contributed by atoms with Crippen LogP contribution in [0.15, 0.2) is 11.8 Å². The third kappa shape index (κ3) is 3.42. The molecule has 0 aliphatic rings. The van der Waals surface area contributed by atoms with Gasteiger partial charge in [0, 0.05) is 5.92 Å². The van der Waals surface area contributed by atoms with Crippen LogP contribution in [0.3, 0.4) is 0 Å². The monoisotopic (exact) mass is 168 g/mol. The molecule has 4 heteroatoms. The fourth-order valence-electron chi connectivity index (χ4n) is 0.385. The molecule has 0 saturated carbocycles. The lowest BCUT2D eigenvalue weighted by Crippen LogP contribution is -2.03. The molecule has 0 bridgehead atoms. The van der Waals surface area contributed by atoms with Crippen molar-refractivity contribution in [1.82, 2.24) is 0 Å². The Kier molecular flexibility index (Phi) is 4.24. The first kappa shape index (κ1) is 10.2. The van der Waals surface area contributed by atoms with Gasteiger partial charge in [-0.25, -0.2) is 9.59 Å². The SMILES string of the molecule is C#CC(=O)O/C=C(\C)C(=O)OC. The standard InChI is InChI=1S/C8H8O4/c1-4-7(9)12-5-6(2)8(10)11-3/h1,5H,2-3H3/b6-5+. The highest BCUT2D eigenvalue weighted by Crippen LogP contribution is 1.95. The molecule has 0 aromatic carbocycles. The summed E-state index contributed by atoms with van der Waals surface area (Å²) in [7, 11) is 1.22. The molecule has 0 aromatic rings. The third-order valence-corrected chi connectivity index (χ3v) is 0.968. The minimum Gasteiger partial charge on any atom is -0.466 e. The Morgan fingerprint density at radius 1 is 1.50 bits per heavy atom. The Balaban J connectivity index is 4.12. The van der Waals surface area contributed by atoms with Gasteiger partial charge < -0.3 is 9.47 Å². The highest BCUT2D eigenvalue weighted by molar-refractivity contribution is 5.90. The van der Waals surface area contributed by atoms with E-state index in [1.165, 1.54) is 14.0 Å². The molecule has 0 heterocycles. The van der Waals surface area contributed by atoms with E-state index in [1.54, 1.807) is 5.92 Å². The Morgan fingerprint density at radius 3 is 2.50 bits per heavy atom. The van der Waals surface area contributed by atoms with Crippen LogP contribution in [-0.4, -0.2) is 19.0 Å². The maximum atomic E-state index is 10.7. The molecule has 4 nitrogen and oxygen atoms in total. The quantitative estimate of drug-likeness (QED) is 0.195. The second kappa shape index (κ2) is 4.97. The summed E-state index contributed by atoms with van der Waals surface area (Å²) in [6, 6.07) is 0. The van der Waals surface area contributed by atoms with Gasteiger partial charge in [0.25, 0.3) is 0 Å². The summed E-state index contributed by atoms with van der Waals surface area (Å²) in [5, 5.41) is 0. The molecule has 64 valence electrons. The van der Waals surface area contributed by atoms with Crippen molar-refractivity contribution in [2.75, 3.05) is 7.11 Å². The summed E-state index contributed by atoms with van der Waals surface area (Å²) in [5.41, 5.74) is 0.168. The molecule has 0 aromatic heterocycles. The lowest BCUT2D eigenvalue weighted by molar-refractivity contribution is -0.136. The van der Waals surface area contributed by atoms with Crippen molar-refractivity contribution in [1.29, 1.82) is 0 Å². The number of ether oxygens (including phenoxy) is 2. The lowest BCUT2D eigenvalue weighted by atomic mass is 10.3. The lowest BCUT2D eigenvalue weighted by Gasteiger charge is -1.96. The molecule has 0 amide bonds. The first-order chi connectivity index (χ1) is 5.61. The molecule has 0 aliphatic carbocycles. The van der Waals surface area contributed by atoms with Gasteiger partial charge in [0.15, 0.2) is 0 Å². The fraction of sp³-hybridized carbons (Fsp3) is 0.250. The van der Waals surface area contributed by atoms with Crippen molar-refractivity contribution >= 4 is 11.9 Å². The molecule has 12 heavy (non-hydrogen) atoms. The first-order valence-electron chi connectivity index (χ1n) is 3.04. The number of hydrogen-bond donors (Lipinski definition) is 0. The summed E-state index contributed by atoms with van der Waals surface area (Å²) in [4.78, 5) is 21.1. The summed E-state index contributed by atoms with van der Waals surface area (Å²) >= 11 is 0. The Bertz CT molecular complexity index is 257. The van der Waals surface area contributed by atoms with Gasteiger partial charge in [-0.2, -0.15) is 0 Å².